The Labute approximate surface area is 79.9 Å². The molecule has 1 aliphatic rings. The number of hydrogen-bond donors (Lipinski definition) is 2. The first-order valence-corrected chi connectivity index (χ1v) is 5.19. The average Bonchev–Trinajstić information content (AvgIpc) is 2.07. The van der Waals surface area contributed by atoms with Gasteiger partial charge in [0.25, 0.3) is 5.56 Å². The molecule has 0 bridgehead atoms. The highest BCUT2D eigenvalue weighted by Gasteiger charge is 2.21. The summed E-state index contributed by atoms with van der Waals surface area (Å²) in [4.78, 5) is 18.8. The zero-order valence-corrected chi connectivity index (χ0v) is 8.15. The van der Waals surface area contributed by atoms with Gasteiger partial charge in [0.2, 0.25) is 5.95 Å². The lowest BCUT2D eigenvalue weighted by Crippen LogP contribution is -2.20. The van der Waals surface area contributed by atoms with E-state index < -0.39 is 0 Å². The third-order valence-electron chi connectivity index (χ3n) is 2.19. The van der Waals surface area contributed by atoms with E-state index in [1.54, 1.807) is 11.8 Å². The zero-order valence-electron chi connectivity index (χ0n) is 7.33. The van der Waals surface area contributed by atoms with Crippen molar-refractivity contribution in [3.63, 3.8) is 0 Å². The number of rotatable bonds is 0. The van der Waals surface area contributed by atoms with E-state index in [1.165, 1.54) is 0 Å². The SMILES string of the molecule is CC1CCSc2c1nc(N)[nH]c2=O. The van der Waals surface area contributed by atoms with Gasteiger partial charge in [-0.2, -0.15) is 0 Å². The van der Waals surface area contributed by atoms with Crippen LogP contribution in [0.3, 0.4) is 0 Å². The van der Waals surface area contributed by atoms with E-state index in [-0.39, 0.29) is 11.5 Å². The van der Waals surface area contributed by atoms with E-state index in [2.05, 4.69) is 16.9 Å². The first-order valence-electron chi connectivity index (χ1n) is 4.21. The molecule has 2 rings (SSSR count). The summed E-state index contributed by atoms with van der Waals surface area (Å²) in [6.45, 7) is 2.07. The molecule has 1 unspecified atom stereocenters. The normalized spacial score (nSPS) is 21.2. The van der Waals surface area contributed by atoms with E-state index in [1.807, 2.05) is 0 Å². The molecule has 1 aliphatic heterocycles. The van der Waals surface area contributed by atoms with Gasteiger partial charge in [-0.1, -0.05) is 6.92 Å². The van der Waals surface area contributed by atoms with Gasteiger partial charge in [-0.15, -0.1) is 11.8 Å². The molecular weight excluding hydrogens is 186 g/mol. The second-order valence-electron chi connectivity index (χ2n) is 3.20. The van der Waals surface area contributed by atoms with Crippen LogP contribution < -0.4 is 11.3 Å². The highest BCUT2D eigenvalue weighted by Crippen LogP contribution is 2.33. The molecule has 1 atom stereocenters. The lowest BCUT2D eigenvalue weighted by molar-refractivity contribution is 0.675. The number of aromatic nitrogens is 2. The monoisotopic (exact) mass is 197 g/mol. The van der Waals surface area contributed by atoms with E-state index in [0.717, 1.165) is 22.8 Å². The summed E-state index contributed by atoms with van der Waals surface area (Å²) >= 11 is 1.57. The Bertz CT molecular complexity index is 387. The van der Waals surface area contributed by atoms with E-state index in [9.17, 15) is 4.79 Å². The Hall–Kier alpha value is -0.970. The fourth-order valence-corrected chi connectivity index (χ4v) is 2.70. The van der Waals surface area contributed by atoms with Crippen molar-refractivity contribution < 1.29 is 0 Å². The van der Waals surface area contributed by atoms with Crippen LogP contribution in [0.5, 0.6) is 0 Å². The molecule has 70 valence electrons. The number of thioether (sulfide) groups is 1. The minimum Gasteiger partial charge on any atom is -0.369 e. The number of nitrogens with one attached hydrogen (secondary N) is 1. The van der Waals surface area contributed by atoms with Crippen LogP contribution in [-0.2, 0) is 0 Å². The summed E-state index contributed by atoms with van der Waals surface area (Å²) in [6, 6.07) is 0. The van der Waals surface area contributed by atoms with Crippen molar-refractivity contribution in [2.75, 3.05) is 11.5 Å². The lowest BCUT2D eigenvalue weighted by Gasteiger charge is -2.19. The number of nitrogens with zero attached hydrogens (tertiary/aromatic N) is 1. The lowest BCUT2D eigenvalue weighted by atomic mass is 10.0. The van der Waals surface area contributed by atoms with Crippen molar-refractivity contribution in [3.8, 4) is 0 Å². The van der Waals surface area contributed by atoms with E-state index >= 15 is 0 Å². The third-order valence-corrected chi connectivity index (χ3v) is 3.31. The van der Waals surface area contributed by atoms with Crippen molar-refractivity contribution in [1.29, 1.82) is 0 Å². The topological polar surface area (TPSA) is 71.8 Å². The van der Waals surface area contributed by atoms with Gasteiger partial charge in [0.15, 0.2) is 0 Å². The summed E-state index contributed by atoms with van der Waals surface area (Å²) in [6.07, 6.45) is 1.06. The van der Waals surface area contributed by atoms with Crippen LogP contribution in [0.2, 0.25) is 0 Å². The molecule has 1 aromatic heterocycles. The molecule has 0 saturated carbocycles. The van der Waals surface area contributed by atoms with Gasteiger partial charge >= 0.3 is 0 Å². The van der Waals surface area contributed by atoms with Crippen molar-refractivity contribution in [2.45, 2.75) is 24.2 Å². The maximum absolute atomic E-state index is 11.4. The number of fused-ring (bicyclic) bond motifs is 1. The van der Waals surface area contributed by atoms with Crippen LogP contribution in [0.1, 0.15) is 25.0 Å². The summed E-state index contributed by atoms with van der Waals surface area (Å²) < 4.78 is 0. The second-order valence-corrected chi connectivity index (χ2v) is 4.31. The van der Waals surface area contributed by atoms with Gasteiger partial charge in [0.05, 0.1) is 10.6 Å². The molecular formula is C8H11N3OS. The number of nitrogen functional groups attached to an aromatic ring is 1. The van der Waals surface area contributed by atoms with Gasteiger partial charge in [-0.25, -0.2) is 4.98 Å². The molecule has 0 amide bonds. The standard InChI is InChI=1S/C8H11N3OS/c1-4-2-3-13-6-5(4)10-8(9)11-7(6)12/h4H,2-3H2,1H3,(H3,9,10,11,12). The zero-order chi connectivity index (χ0) is 9.42. The van der Waals surface area contributed by atoms with Crippen LogP contribution in [0.4, 0.5) is 5.95 Å². The molecule has 2 heterocycles. The number of nitrogens with two attached hydrogens (primary N) is 1. The Balaban J connectivity index is 2.63. The predicted octanol–water partition coefficient (Wildman–Crippen LogP) is 0.951. The maximum Gasteiger partial charge on any atom is 0.266 e. The van der Waals surface area contributed by atoms with Gasteiger partial charge in [0.1, 0.15) is 0 Å². The number of hydrogen-bond acceptors (Lipinski definition) is 4. The molecule has 5 heteroatoms. The molecule has 0 spiro atoms. The minimum absolute atomic E-state index is 0.0981. The first-order chi connectivity index (χ1) is 6.18. The van der Waals surface area contributed by atoms with Gasteiger partial charge < -0.3 is 5.73 Å². The maximum atomic E-state index is 11.4. The van der Waals surface area contributed by atoms with Gasteiger partial charge in [-0.05, 0) is 12.2 Å². The first kappa shape index (κ1) is 8.62. The quantitative estimate of drug-likeness (QED) is 0.649. The predicted molar refractivity (Wildman–Crippen MR) is 53.0 cm³/mol. The number of H-pyrrole nitrogens is 1. The summed E-state index contributed by atoms with van der Waals surface area (Å²) in [5, 5.41) is 0. The number of anilines is 1. The Kier molecular flexibility index (Phi) is 2.03. The molecule has 0 radical (unpaired) electrons. The second kappa shape index (κ2) is 3.06. The Morgan fingerprint density at radius 3 is 3.23 bits per heavy atom. The molecule has 0 aliphatic carbocycles. The summed E-state index contributed by atoms with van der Waals surface area (Å²) in [5.41, 5.74) is 6.23. The van der Waals surface area contributed by atoms with Crippen LogP contribution in [0, 0.1) is 0 Å². The fraction of sp³-hybridized carbons (Fsp3) is 0.500. The molecule has 0 saturated heterocycles. The largest absolute Gasteiger partial charge is 0.369 e. The molecule has 1 aromatic rings. The van der Waals surface area contributed by atoms with Crippen molar-refractivity contribution in [3.05, 3.63) is 16.0 Å². The highest BCUT2D eigenvalue weighted by atomic mass is 32.2. The summed E-state index contributed by atoms with van der Waals surface area (Å²) in [7, 11) is 0. The van der Waals surface area contributed by atoms with Crippen LogP contribution in [0.25, 0.3) is 0 Å². The number of aromatic amines is 1. The molecule has 0 aromatic carbocycles. The highest BCUT2D eigenvalue weighted by molar-refractivity contribution is 7.99. The average molecular weight is 197 g/mol. The minimum atomic E-state index is -0.0981. The third kappa shape index (κ3) is 1.44. The molecule has 4 nitrogen and oxygen atoms in total. The molecule has 3 N–H and O–H groups in total. The van der Waals surface area contributed by atoms with Crippen molar-refractivity contribution in [1.82, 2.24) is 9.97 Å². The van der Waals surface area contributed by atoms with Gasteiger partial charge in [-0.3, -0.25) is 9.78 Å². The van der Waals surface area contributed by atoms with E-state index in [4.69, 9.17) is 5.73 Å². The van der Waals surface area contributed by atoms with Crippen LogP contribution in [0.15, 0.2) is 9.69 Å². The van der Waals surface area contributed by atoms with Crippen LogP contribution in [-0.4, -0.2) is 15.7 Å². The van der Waals surface area contributed by atoms with Gasteiger partial charge in [0, 0.05) is 5.92 Å². The smallest absolute Gasteiger partial charge is 0.266 e. The molecule has 0 fully saturated rings. The van der Waals surface area contributed by atoms with Crippen molar-refractivity contribution >= 4 is 17.7 Å². The van der Waals surface area contributed by atoms with E-state index in [0.29, 0.717) is 5.92 Å². The Morgan fingerprint density at radius 1 is 1.69 bits per heavy atom. The van der Waals surface area contributed by atoms with Crippen LogP contribution >= 0.6 is 11.8 Å². The molecule has 13 heavy (non-hydrogen) atoms. The Morgan fingerprint density at radius 2 is 2.46 bits per heavy atom. The fourth-order valence-electron chi connectivity index (χ4n) is 1.45. The van der Waals surface area contributed by atoms with Crippen molar-refractivity contribution in [2.24, 2.45) is 0 Å². The summed E-state index contributed by atoms with van der Waals surface area (Å²) in [5.74, 6) is 1.56.